The number of amides is 1. The van der Waals surface area contributed by atoms with E-state index in [9.17, 15) is 4.79 Å². The van der Waals surface area contributed by atoms with Crippen molar-refractivity contribution < 1.29 is 4.79 Å². The summed E-state index contributed by atoms with van der Waals surface area (Å²) in [5.74, 6) is 0.219. The van der Waals surface area contributed by atoms with Crippen LogP contribution in [-0.4, -0.2) is 32.1 Å². The quantitative estimate of drug-likeness (QED) is 0.194. The van der Waals surface area contributed by atoms with Gasteiger partial charge in [0.25, 0.3) is 0 Å². The summed E-state index contributed by atoms with van der Waals surface area (Å²) < 4.78 is 0. The van der Waals surface area contributed by atoms with Gasteiger partial charge in [0.15, 0.2) is 0 Å². The van der Waals surface area contributed by atoms with Crippen molar-refractivity contribution in [1.29, 1.82) is 0 Å². The average Bonchev–Trinajstić information content (AvgIpc) is 2.70. The van der Waals surface area contributed by atoms with Gasteiger partial charge in [0.05, 0.1) is 0 Å². The smallest absolute Gasteiger partial charge is 0.219 e. The van der Waals surface area contributed by atoms with E-state index in [1.54, 1.807) is 0 Å². The van der Waals surface area contributed by atoms with Crippen LogP contribution < -0.4 is 16.4 Å². The first-order valence-electron chi connectivity index (χ1n) is 12.5. The summed E-state index contributed by atoms with van der Waals surface area (Å²) in [4.78, 5) is 11.8. The molecule has 0 aliphatic rings. The number of nitrogens with two attached hydrogens (primary N) is 1. The Hall–Kier alpha value is -0.610. The molecule has 0 saturated carbocycles. The summed E-state index contributed by atoms with van der Waals surface area (Å²) in [6, 6.07) is 0. The van der Waals surface area contributed by atoms with E-state index in [0.717, 1.165) is 45.4 Å². The van der Waals surface area contributed by atoms with Gasteiger partial charge in [0, 0.05) is 13.0 Å². The molecule has 0 heterocycles. The van der Waals surface area contributed by atoms with E-state index in [1.165, 1.54) is 89.9 Å². The maximum atomic E-state index is 11.8. The molecule has 0 spiro atoms. The fraction of sp³-hybridized carbons (Fsp3) is 0.958. The summed E-state index contributed by atoms with van der Waals surface area (Å²) in [7, 11) is 0. The van der Waals surface area contributed by atoms with Crippen LogP contribution in [0.5, 0.6) is 0 Å². The SMILES string of the molecule is CCCCCCCCCCCCCCCCCC(=O)NCCCNCCCN. The Labute approximate surface area is 176 Å². The highest BCUT2D eigenvalue weighted by atomic mass is 16.1. The minimum Gasteiger partial charge on any atom is -0.356 e. The van der Waals surface area contributed by atoms with E-state index >= 15 is 0 Å². The highest BCUT2D eigenvalue weighted by Crippen LogP contribution is 2.13. The van der Waals surface area contributed by atoms with Crippen LogP contribution in [0.15, 0.2) is 0 Å². The minimum atomic E-state index is 0.219. The monoisotopic (exact) mass is 397 g/mol. The molecule has 4 heteroatoms. The normalized spacial score (nSPS) is 11.1. The third-order valence-corrected chi connectivity index (χ3v) is 5.42. The van der Waals surface area contributed by atoms with Gasteiger partial charge < -0.3 is 16.4 Å². The highest BCUT2D eigenvalue weighted by Gasteiger charge is 2.00. The number of carbonyl (C=O) groups excluding carboxylic acids is 1. The Morgan fingerprint density at radius 2 is 1.07 bits per heavy atom. The van der Waals surface area contributed by atoms with Crippen molar-refractivity contribution in [3.05, 3.63) is 0 Å². The Balaban J connectivity index is 3.11. The van der Waals surface area contributed by atoms with Crippen molar-refractivity contribution in [2.75, 3.05) is 26.2 Å². The zero-order valence-electron chi connectivity index (χ0n) is 19.0. The number of carbonyl (C=O) groups is 1. The molecule has 28 heavy (non-hydrogen) atoms. The molecular weight excluding hydrogens is 346 g/mol. The van der Waals surface area contributed by atoms with Gasteiger partial charge >= 0.3 is 0 Å². The van der Waals surface area contributed by atoms with Crippen LogP contribution in [0.25, 0.3) is 0 Å². The molecule has 168 valence electrons. The van der Waals surface area contributed by atoms with Crippen molar-refractivity contribution in [2.45, 2.75) is 122 Å². The Morgan fingerprint density at radius 1 is 0.607 bits per heavy atom. The van der Waals surface area contributed by atoms with E-state index in [4.69, 9.17) is 5.73 Å². The van der Waals surface area contributed by atoms with Crippen LogP contribution in [0.3, 0.4) is 0 Å². The van der Waals surface area contributed by atoms with Crippen molar-refractivity contribution >= 4 is 5.91 Å². The molecule has 0 aliphatic carbocycles. The zero-order chi connectivity index (χ0) is 20.5. The molecule has 0 aromatic rings. The van der Waals surface area contributed by atoms with E-state index in [2.05, 4.69) is 17.6 Å². The zero-order valence-corrected chi connectivity index (χ0v) is 19.0. The summed E-state index contributed by atoms with van der Waals surface area (Å²) >= 11 is 0. The molecule has 0 fully saturated rings. The third kappa shape index (κ3) is 23.4. The summed E-state index contributed by atoms with van der Waals surface area (Å²) in [6.45, 7) is 5.74. The van der Waals surface area contributed by atoms with Gasteiger partial charge in [-0.15, -0.1) is 0 Å². The second-order valence-corrected chi connectivity index (χ2v) is 8.30. The van der Waals surface area contributed by atoms with Crippen molar-refractivity contribution in [2.24, 2.45) is 5.73 Å². The Morgan fingerprint density at radius 3 is 1.57 bits per heavy atom. The fourth-order valence-electron chi connectivity index (χ4n) is 3.54. The van der Waals surface area contributed by atoms with Gasteiger partial charge in [0.1, 0.15) is 0 Å². The molecule has 1 amide bonds. The van der Waals surface area contributed by atoms with Gasteiger partial charge in [-0.05, 0) is 38.9 Å². The molecule has 4 nitrogen and oxygen atoms in total. The lowest BCUT2D eigenvalue weighted by Crippen LogP contribution is -2.27. The third-order valence-electron chi connectivity index (χ3n) is 5.42. The standard InChI is InChI=1S/C24H51N3O/c1-2-3-4-5-6-7-8-9-10-11-12-13-14-15-16-19-24(28)27-23-18-22-26-21-17-20-25/h26H,2-23,25H2,1H3,(H,27,28). The second-order valence-electron chi connectivity index (χ2n) is 8.30. The van der Waals surface area contributed by atoms with Crippen LogP contribution in [0.1, 0.15) is 122 Å². The van der Waals surface area contributed by atoms with E-state index < -0.39 is 0 Å². The van der Waals surface area contributed by atoms with Gasteiger partial charge in [0.2, 0.25) is 5.91 Å². The summed E-state index contributed by atoms with van der Waals surface area (Å²) in [6.07, 6.45) is 23.2. The molecule has 0 unspecified atom stereocenters. The number of nitrogens with one attached hydrogen (secondary N) is 2. The van der Waals surface area contributed by atoms with E-state index in [-0.39, 0.29) is 5.91 Å². The number of unbranched alkanes of at least 4 members (excludes halogenated alkanes) is 14. The first-order chi connectivity index (χ1) is 13.8. The minimum absolute atomic E-state index is 0.219. The molecule has 0 bridgehead atoms. The van der Waals surface area contributed by atoms with Gasteiger partial charge in [-0.1, -0.05) is 96.8 Å². The van der Waals surface area contributed by atoms with Gasteiger partial charge in [-0.2, -0.15) is 0 Å². The molecule has 0 aliphatic heterocycles. The molecule has 0 radical (unpaired) electrons. The van der Waals surface area contributed by atoms with Crippen LogP contribution in [0.2, 0.25) is 0 Å². The Kier molecular flexibility index (Phi) is 23.9. The number of hydrogen-bond acceptors (Lipinski definition) is 3. The predicted molar refractivity (Wildman–Crippen MR) is 124 cm³/mol. The van der Waals surface area contributed by atoms with Crippen molar-refractivity contribution in [3.8, 4) is 0 Å². The molecule has 0 atom stereocenters. The van der Waals surface area contributed by atoms with Crippen LogP contribution >= 0.6 is 0 Å². The van der Waals surface area contributed by atoms with Crippen molar-refractivity contribution in [3.63, 3.8) is 0 Å². The fourth-order valence-corrected chi connectivity index (χ4v) is 3.54. The second kappa shape index (κ2) is 24.4. The lowest BCUT2D eigenvalue weighted by molar-refractivity contribution is -0.121. The summed E-state index contributed by atoms with van der Waals surface area (Å²) in [5.41, 5.74) is 5.44. The number of hydrogen-bond donors (Lipinski definition) is 3. The van der Waals surface area contributed by atoms with E-state index in [0.29, 0.717) is 6.42 Å². The lowest BCUT2D eigenvalue weighted by Gasteiger charge is -2.06. The van der Waals surface area contributed by atoms with Crippen LogP contribution in [-0.2, 0) is 4.79 Å². The maximum Gasteiger partial charge on any atom is 0.219 e. The molecular formula is C24H51N3O. The lowest BCUT2D eigenvalue weighted by atomic mass is 10.0. The first-order valence-corrected chi connectivity index (χ1v) is 12.5. The average molecular weight is 398 g/mol. The number of rotatable bonds is 23. The largest absolute Gasteiger partial charge is 0.356 e. The van der Waals surface area contributed by atoms with E-state index in [1.807, 2.05) is 0 Å². The van der Waals surface area contributed by atoms with Gasteiger partial charge in [-0.3, -0.25) is 4.79 Å². The van der Waals surface area contributed by atoms with Crippen LogP contribution in [0, 0.1) is 0 Å². The molecule has 0 rings (SSSR count). The van der Waals surface area contributed by atoms with Crippen molar-refractivity contribution in [1.82, 2.24) is 10.6 Å². The molecule has 0 aromatic carbocycles. The topological polar surface area (TPSA) is 67.2 Å². The summed E-state index contributed by atoms with van der Waals surface area (Å²) in [5, 5.41) is 6.35. The Bertz CT molecular complexity index is 310. The molecule has 0 saturated heterocycles. The maximum absolute atomic E-state index is 11.8. The highest BCUT2D eigenvalue weighted by molar-refractivity contribution is 5.75. The van der Waals surface area contributed by atoms with Gasteiger partial charge in [-0.25, -0.2) is 0 Å². The first kappa shape index (κ1) is 27.4. The molecule has 0 aromatic heterocycles. The predicted octanol–water partition coefficient (Wildman–Crippen LogP) is 5.69. The molecule has 4 N–H and O–H groups in total. The van der Waals surface area contributed by atoms with Crippen LogP contribution in [0.4, 0.5) is 0 Å².